The summed E-state index contributed by atoms with van der Waals surface area (Å²) in [6, 6.07) is 11.3. The Balaban J connectivity index is 1.87. The van der Waals surface area contributed by atoms with Gasteiger partial charge in [0.2, 0.25) is 0 Å². The van der Waals surface area contributed by atoms with Crippen molar-refractivity contribution in [3.05, 3.63) is 36.5 Å². The molecule has 0 spiro atoms. The van der Waals surface area contributed by atoms with Crippen LogP contribution in [0.3, 0.4) is 0 Å². The molecule has 0 saturated carbocycles. The number of nitrogens with one attached hydrogen (secondary N) is 1. The molecule has 1 saturated heterocycles. The second-order valence-corrected chi connectivity index (χ2v) is 5.89. The van der Waals surface area contributed by atoms with E-state index in [1.54, 1.807) is 0 Å². The molecule has 0 aliphatic carbocycles. The third-order valence-corrected chi connectivity index (χ3v) is 4.37. The zero-order valence-electron chi connectivity index (χ0n) is 12.9. The normalized spacial score (nSPS) is 19.1. The number of pyridine rings is 1. The van der Waals surface area contributed by atoms with Gasteiger partial charge in [-0.3, -0.25) is 4.98 Å². The van der Waals surface area contributed by atoms with Crippen molar-refractivity contribution in [3.63, 3.8) is 0 Å². The van der Waals surface area contributed by atoms with Crippen molar-refractivity contribution in [2.75, 3.05) is 24.5 Å². The monoisotopic (exact) mass is 283 g/mol. The highest BCUT2D eigenvalue weighted by Gasteiger charge is 2.23. The number of para-hydroxylation sites is 1. The zero-order chi connectivity index (χ0) is 14.5. The summed E-state index contributed by atoms with van der Waals surface area (Å²) in [4.78, 5) is 7.09. The molecule has 2 aromatic rings. The van der Waals surface area contributed by atoms with Gasteiger partial charge in [0.1, 0.15) is 0 Å². The van der Waals surface area contributed by atoms with E-state index in [0.29, 0.717) is 6.04 Å². The summed E-state index contributed by atoms with van der Waals surface area (Å²) in [5.41, 5.74) is 2.45. The molecule has 0 bridgehead atoms. The Labute approximate surface area is 127 Å². The molecule has 1 aliphatic heterocycles. The standard InChI is InChI=1S/C18H25N3/c1-2-11-19-14-15-7-5-6-13-21(15)18-10-12-20-17-9-4-3-8-16(17)18/h3-4,8-10,12,15,19H,2,5-7,11,13-14H2,1H3. The summed E-state index contributed by atoms with van der Waals surface area (Å²) in [6.45, 7) is 5.58. The zero-order valence-corrected chi connectivity index (χ0v) is 12.9. The molecule has 1 unspecified atom stereocenters. The van der Waals surface area contributed by atoms with E-state index in [0.717, 1.165) is 25.2 Å². The Kier molecular flexibility index (Phi) is 4.71. The van der Waals surface area contributed by atoms with Crippen molar-refractivity contribution in [2.24, 2.45) is 0 Å². The van der Waals surface area contributed by atoms with Crippen LogP contribution in [0.15, 0.2) is 36.5 Å². The van der Waals surface area contributed by atoms with Gasteiger partial charge in [0, 0.05) is 36.4 Å². The summed E-state index contributed by atoms with van der Waals surface area (Å²) in [7, 11) is 0. The lowest BCUT2D eigenvalue weighted by Crippen LogP contribution is -2.45. The number of rotatable bonds is 5. The van der Waals surface area contributed by atoms with Gasteiger partial charge in [-0.2, -0.15) is 0 Å². The maximum atomic E-state index is 4.49. The quantitative estimate of drug-likeness (QED) is 0.850. The first-order valence-electron chi connectivity index (χ1n) is 8.21. The molecular weight excluding hydrogens is 258 g/mol. The van der Waals surface area contributed by atoms with Gasteiger partial charge in [-0.05, 0) is 44.4 Å². The third-order valence-electron chi connectivity index (χ3n) is 4.37. The molecule has 21 heavy (non-hydrogen) atoms. The molecule has 0 radical (unpaired) electrons. The molecule has 2 heterocycles. The molecule has 1 aromatic carbocycles. The topological polar surface area (TPSA) is 28.2 Å². The molecule has 0 amide bonds. The number of piperidine rings is 1. The SMILES string of the molecule is CCCNCC1CCCCN1c1ccnc2ccccc12. The molecule has 1 N–H and O–H groups in total. The predicted molar refractivity (Wildman–Crippen MR) is 89.9 cm³/mol. The van der Waals surface area contributed by atoms with Crippen molar-refractivity contribution >= 4 is 16.6 Å². The average Bonchev–Trinajstić information content (AvgIpc) is 2.55. The van der Waals surface area contributed by atoms with E-state index in [2.05, 4.69) is 52.5 Å². The Bertz CT molecular complexity index is 576. The fourth-order valence-corrected chi connectivity index (χ4v) is 3.31. The van der Waals surface area contributed by atoms with Crippen molar-refractivity contribution in [1.29, 1.82) is 0 Å². The van der Waals surface area contributed by atoms with Crippen molar-refractivity contribution in [2.45, 2.75) is 38.6 Å². The molecule has 112 valence electrons. The molecular formula is C18H25N3. The molecule has 3 nitrogen and oxygen atoms in total. The van der Waals surface area contributed by atoms with Gasteiger partial charge in [0.05, 0.1) is 5.52 Å². The second kappa shape index (κ2) is 6.90. The van der Waals surface area contributed by atoms with Crippen molar-refractivity contribution in [3.8, 4) is 0 Å². The third kappa shape index (κ3) is 3.18. The van der Waals surface area contributed by atoms with Crippen LogP contribution < -0.4 is 10.2 Å². The van der Waals surface area contributed by atoms with Gasteiger partial charge < -0.3 is 10.2 Å². The fraction of sp³-hybridized carbons (Fsp3) is 0.500. The number of fused-ring (bicyclic) bond motifs is 1. The Morgan fingerprint density at radius 2 is 2.14 bits per heavy atom. The van der Waals surface area contributed by atoms with Crippen molar-refractivity contribution < 1.29 is 0 Å². The van der Waals surface area contributed by atoms with Crippen LogP contribution in [0.2, 0.25) is 0 Å². The van der Waals surface area contributed by atoms with Crippen LogP contribution in [0.25, 0.3) is 10.9 Å². The Hall–Kier alpha value is -1.61. The van der Waals surface area contributed by atoms with E-state index in [1.165, 1.54) is 36.8 Å². The predicted octanol–water partition coefficient (Wildman–Crippen LogP) is 3.59. The molecule has 3 heteroatoms. The van der Waals surface area contributed by atoms with E-state index in [1.807, 2.05) is 6.20 Å². The van der Waals surface area contributed by atoms with Gasteiger partial charge in [-0.1, -0.05) is 25.1 Å². The minimum Gasteiger partial charge on any atom is -0.367 e. The lowest BCUT2D eigenvalue weighted by atomic mass is 10.00. The van der Waals surface area contributed by atoms with Crippen LogP contribution in [-0.2, 0) is 0 Å². The number of benzene rings is 1. The number of aromatic nitrogens is 1. The Morgan fingerprint density at radius 3 is 3.05 bits per heavy atom. The van der Waals surface area contributed by atoms with E-state index in [4.69, 9.17) is 0 Å². The maximum absolute atomic E-state index is 4.49. The summed E-state index contributed by atoms with van der Waals surface area (Å²) in [6.07, 6.45) is 7.07. The highest BCUT2D eigenvalue weighted by molar-refractivity contribution is 5.91. The summed E-state index contributed by atoms with van der Waals surface area (Å²) >= 11 is 0. The van der Waals surface area contributed by atoms with Gasteiger partial charge in [-0.15, -0.1) is 0 Å². The van der Waals surface area contributed by atoms with Crippen LogP contribution in [0.5, 0.6) is 0 Å². The summed E-state index contributed by atoms with van der Waals surface area (Å²) < 4.78 is 0. The number of hydrogen-bond acceptors (Lipinski definition) is 3. The first-order valence-corrected chi connectivity index (χ1v) is 8.21. The van der Waals surface area contributed by atoms with Crippen LogP contribution >= 0.6 is 0 Å². The number of anilines is 1. The van der Waals surface area contributed by atoms with E-state index < -0.39 is 0 Å². The minimum atomic E-state index is 0.608. The summed E-state index contributed by atoms with van der Waals surface area (Å²) in [5, 5.41) is 4.88. The van der Waals surface area contributed by atoms with Crippen LogP contribution in [0, 0.1) is 0 Å². The van der Waals surface area contributed by atoms with Gasteiger partial charge in [0.25, 0.3) is 0 Å². The molecule has 3 rings (SSSR count). The average molecular weight is 283 g/mol. The molecule has 1 atom stereocenters. The largest absolute Gasteiger partial charge is 0.367 e. The molecule has 1 aromatic heterocycles. The number of nitrogens with zero attached hydrogens (tertiary/aromatic N) is 2. The Morgan fingerprint density at radius 1 is 1.24 bits per heavy atom. The minimum absolute atomic E-state index is 0.608. The highest BCUT2D eigenvalue weighted by atomic mass is 15.2. The van der Waals surface area contributed by atoms with Crippen LogP contribution in [-0.4, -0.2) is 30.7 Å². The van der Waals surface area contributed by atoms with Crippen molar-refractivity contribution in [1.82, 2.24) is 10.3 Å². The van der Waals surface area contributed by atoms with Crippen LogP contribution in [0.1, 0.15) is 32.6 Å². The van der Waals surface area contributed by atoms with Crippen LogP contribution in [0.4, 0.5) is 5.69 Å². The second-order valence-electron chi connectivity index (χ2n) is 5.89. The van der Waals surface area contributed by atoms with Gasteiger partial charge in [0.15, 0.2) is 0 Å². The first kappa shape index (κ1) is 14.3. The van der Waals surface area contributed by atoms with Gasteiger partial charge >= 0.3 is 0 Å². The van der Waals surface area contributed by atoms with E-state index in [9.17, 15) is 0 Å². The first-order chi connectivity index (χ1) is 10.4. The summed E-state index contributed by atoms with van der Waals surface area (Å²) in [5.74, 6) is 0. The smallest absolute Gasteiger partial charge is 0.0722 e. The van der Waals surface area contributed by atoms with Gasteiger partial charge in [-0.25, -0.2) is 0 Å². The lowest BCUT2D eigenvalue weighted by molar-refractivity contribution is 0.436. The molecule has 1 fully saturated rings. The molecule has 1 aliphatic rings. The number of hydrogen-bond donors (Lipinski definition) is 1. The highest BCUT2D eigenvalue weighted by Crippen LogP contribution is 2.30. The van der Waals surface area contributed by atoms with E-state index in [-0.39, 0.29) is 0 Å². The fourth-order valence-electron chi connectivity index (χ4n) is 3.31. The lowest BCUT2D eigenvalue weighted by Gasteiger charge is -2.38. The van der Waals surface area contributed by atoms with E-state index >= 15 is 0 Å². The maximum Gasteiger partial charge on any atom is 0.0722 e.